The first-order chi connectivity index (χ1) is 11.5. The summed E-state index contributed by atoms with van der Waals surface area (Å²) in [4.78, 5) is 2.33. The van der Waals surface area contributed by atoms with Gasteiger partial charge in [0.1, 0.15) is 11.6 Å². The van der Waals surface area contributed by atoms with Gasteiger partial charge in [0.25, 0.3) is 0 Å². The second kappa shape index (κ2) is 6.91. The largest absolute Gasteiger partial charge is 0.496 e. The van der Waals surface area contributed by atoms with Crippen molar-refractivity contribution >= 4 is 0 Å². The van der Waals surface area contributed by atoms with Crippen molar-refractivity contribution in [3.05, 3.63) is 65.0 Å². The zero-order valence-electron chi connectivity index (χ0n) is 14.3. The van der Waals surface area contributed by atoms with E-state index in [2.05, 4.69) is 17.9 Å². The normalized spacial score (nSPS) is 17.7. The minimum Gasteiger partial charge on any atom is -0.496 e. The number of aliphatic hydroxyl groups is 1. The van der Waals surface area contributed by atoms with E-state index in [0.717, 1.165) is 30.9 Å². The van der Waals surface area contributed by atoms with E-state index < -0.39 is 5.60 Å². The Balaban J connectivity index is 1.67. The number of aryl methyl sites for hydroxylation is 1. The number of piperidine rings is 1. The molecule has 2 aromatic rings. The fraction of sp³-hybridized carbons (Fsp3) is 0.400. The van der Waals surface area contributed by atoms with Gasteiger partial charge in [-0.3, -0.25) is 4.90 Å². The molecule has 0 saturated carbocycles. The summed E-state index contributed by atoms with van der Waals surface area (Å²) in [5.41, 5.74) is 2.33. The third kappa shape index (κ3) is 3.60. The van der Waals surface area contributed by atoms with Crippen LogP contribution in [0.4, 0.5) is 4.39 Å². The van der Waals surface area contributed by atoms with Gasteiger partial charge in [-0.25, -0.2) is 4.39 Å². The first kappa shape index (κ1) is 16.9. The number of halogens is 1. The summed E-state index contributed by atoms with van der Waals surface area (Å²) in [6.45, 7) is 4.48. The predicted octanol–water partition coefficient (Wildman–Crippen LogP) is 3.63. The summed E-state index contributed by atoms with van der Waals surface area (Å²) >= 11 is 0. The van der Waals surface area contributed by atoms with Crippen molar-refractivity contribution < 1.29 is 14.2 Å². The number of hydrogen-bond acceptors (Lipinski definition) is 3. The van der Waals surface area contributed by atoms with Crippen LogP contribution < -0.4 is 4.74 Å². The molecular formula is C20H24FNO2. The van der Waals surface area contributed by atoms with Crippen LogP contribution in [0.2, 0.25) is 0 Å². The Hall–Kier alpha value is -1.91. The second-order valence-electron chi connectivity index (χ2n) is 6.63. The van der Waals surface area contributed by atoms with Gasteiger partial charge in [-0.05, 0) is 43.5 Å². The zero-order valence-corrected chi connectivity index (χ0v) is 14.3. The van der Waals surface area contributed by atoms with E-state index in [1.807, 2.05) is 12.1 Å². The van der Waals surface area contributed by atoms with E-state index in [1.165, 1.54) is 23.3 Å². The number of benzene rings is 2. The minimum absolute atomic E-state index is 0.272. The molecule has 0 atom stereocenters. The standard InChI is InChI=1S/C20H24FNO2/c1-15-3-8-19(24-2)16(13-15)14-22-11-9-20(23,10-12-22)17-4-6-18(21)7-5-17/h3-8,13,23H,9-12,14H2,1-2H3. The highest BCUT2D eigenvalue weighted by molar-refractivity contribution is 5.37. The Bertz CT molecular complexity index is 691. The smallest absolute Gasteiger partial charge is 0.123 e. The molecule has 1 aliphatic rings. The van der Waals surface area contributed by atoms with Crippen LogP contribution in [0.25, 0.3) is 0 Å². The molecule has 1 aliphatic heterocycles. The van der Waals surface area contributed by atoms with E-state index in [4.69, 9.17) is 4.74 Å². The third-order valence-electron chi connectivity index (χ3n) is 4.89. The summed E-state index contributed by atoms with van der Waals surface area (Å²) in [7, 11) is 1.69. The molecule has 0 amide bonds. The average molecular weight is 329 g/mol. The Morgan fingerprint density at radius 2 is 1.79 bits per heavy atom. The molecule has 0 bridgehead atoms. The molecule has 0 aliphatic carbocycles. The lowest BCUT2D eigenvalue weighted by Gasteiger charge is -2.38. The Kier molecular flexibility index (Phi) is 4.88. The van der Waals surface area contributed by atoms with Crippen LogP contribution in [0.1, 0.15) is 29.5 Å². The fourth-order valence-electron chi connectivity index (χ4n) is 3.40. The molecule has 1 N–H and O–H groups in total. The topological polar surface area (TPSA) is 32.7 Å². The molecule has 1 fully saturated rings. The number of likely N-dealkylation sites (tertiary alicyclic amines) is 1. The lowest BCUT2D eigenvalue weighted by atomic mass is 9.84. The maximum absolute atomic E-state index is 13.1. The molecule has 0 aromatic heterocycles. The SMILES string of the molecule is COc1ccc(C)cc1CN1CCC(O)(c2ccc(F)cc2)CC1. The maximum atomic E-state index is 13.1. The molecule has 128 valence electrons. The second-order valence-corrected chi connectivity index (χ2v) is 6.63. The third-order valence-corrected chi connectivity index (χ3v) is 4.89. The van der Waals surface area contributed by atoms with Crippen LogP contribution in [0.5, 0.6) is 5.75 Å². The van der Waals surface area contributed by atoms with Gasteiger partial charge in [0.2, 0.25) is 0 Å². The summed E-state index contributed by atoms with van der Waals surface area (Å²) in [5.74, 6) is 0.631. The van der Waals surface area contributed by atoms with Gasteiger partial charge in [0, 0.05) is 25.2 Å². The highest BCUT2D eigenvalue weighted by Crippen LogP contribution is 2.34. The highest BCUT2D eigenvalue weighted by Gasteiger charge is 2.34. The van der Waals surface area contributed by atoms with Gasteiger partial charge in [-0.2, -0.15) is 0 Å². The van der Waals surface area contributed by atoms with Crippen molar-refractivity contribution in [2.75, 3.05) is 20.2 Å². The van der Waals surface area contributed by atoms with E-state index in [9.17, 15) is 9.50 Å². The molecule has 2 aromatic carbocycles. The highest BCUT2D eigenvalue weighted by atomic mass is 19.1. The molecular weight excluding hydrogens is 305 g/mol. The Morgan fingerprint density at radius 1 is 1.12 bits per heavy atom. The van der Waals surface area contributed by atoms with Gasteiger partial charge in [0.05, 0.1) is 12.7 Å². The summed E-state index contributed by atoms with van der Waals surface area (Å²) in [5, 5.41) is 10.9. The van der Waals surface area contributed by atoms with Gasteiger partial charge in [-0.15, -0.1) is 0 Å². The van der Waals surface area contributed by atoms with Crippen LogP contribution in [0, 0.1) is 12.7 Å². The van der Waals surface area contributed by atoms with Crippen molar-refractivity contribution in [2.24, 2.45) is 0 Å². The first-order valence-corrected chi connectivity index (χ1v) is 8.34. The number of rotatable bonds is 4. The fourth-order valence-corrected chi connectivity index (χ4v) is 3.40. The van der Waals surface area contributed by atoms with Crippen LogP contribution in [0.15, 0.2) is 42.5 Å². The first-order valence-electron chi connectivity index (χ1n) is 8.34. The number of methoxy groups -OCH3 is 1. The van der Waals surface area contributed by atoms with Gasteiger partial charge >= 0.3 is 0 Å². The Morgan fingerprint density at radius 3 is 2.42 bits per heavy atom. The summed E-state index contributed by atoms with van der Waals surface area (Å²) in [6.07, 6.45) is 1.29. The predicted molar refractivity (Wildman–Crippen MR) is 92.5 cm³/mol. The molecule has 24 heavy (non-hydrogen) atoms. The average Bonchev–Trinajstić information content (AvgIpc) is 2.58. The van der Waals surface area contributed by atoms with Gasteiger partial charge in [0.15, 0.2) is 0 Å². The monoisotopic (exact) mass is 329 g/mol. The number of nitrogens with zero attached hydrogens (tertiary/aromatic N) is 1. The van der Waals surface area contributed by atoms with Crippen molar-refractivity contribution in [3.63, 3.8) is 0 Å². The number of ether oxygens (including phenoxy) is 1. The van der Waals surface area contributed by atoms with E-state index >= 15 is 0 Å². The lowest BCUT2D eigenvalue weighted by Crippen LogP contribution is -2.42. The van der Waals surface area contributed by atoms with Crippen LogP contribution in [-0.2, 0) is 12.1 Å². The molecule has 0 spiro atoms. The molecule has 1 saturated heterocycles. The molecule has 0 radical (unpaired) electrons. The van der Waals surface area contributed by atoms with Gasteiger partial charge < -0.3 is 9.84 Å². The van der Waals surface area contributed by atoms with Crippen molar-refractivity contribution in [1.29, 1.82) is 0 Å². The molecule has 3 nitrogen and oxygen atoms in total. The molecule has 4 heteroatoms. The van der Waals surface area contributed by atoms with E-state index in [1.54, 1.807) is 19.2 Å². The maximum Gasteiger partial charge on any atom is 0.123 e. The van der Waals surface area contributed by atoms with Gasteiger partial charge in [-0.1, -0.05) is 29.8 Å². The summed E-state index contributed by atoms with van der Waals surface area (Å²) < 4.78 is 18.5. The molecule has 1 heterocycles. The minimum atomic E-state index is -0.860. The van der Waals surface area contributed by atoms with Crippen molar-refractivity contribution in [3.8, 4) is 5.75 Å². The molecule has 3 rings (SSSR count). The lowest BCUT2D eigenvalue weighted by molar-refractivity contribution is -0.0278. The zero-order chi connectivity index (χ0) is 17.2. The van der Waals surface area contributed by atoms with Crippen LogP contribution >= 0.6 is 0 Å². The van der Waals surface area contributed by atoms with Crippen LogP contribution in [0.3, 0.4) is 0 Å². The van der Waals surface area contributed by atoms with E-state index in [0.29, 0.717) is 12.8 Å². The number of hydrogen-bond donors (Lipinski definition) is 1. The molecule has 0 unspecified atom stereocenters. The van der Waals surface area contributed by atoms with E-state index in [-0.39, 0.29) is 5.82 Å². The van der Waals surface area contributed by atoms with Crippen LogP contribution in [-0.4, -0.2) is 30.2 Å². The quantitative estimate of drug-likeness (QED) is 0.930. The van der Waals surface area contributed by atoms with Crippen molar-refractivity contribution in [2.45, 2.75) is 31.9 Å². The summed E-state index contributed by atoms with van der Waals surface area (Å²) in [6, 6.07) is 12.4. The van der Waals surface area contributed by atoms with Crippen molar-refractivity contribution in [1.82, 2.24) is 4.90 Å². The Labute approximate surface area is 142 Å².